The molecule has 0 atom stereocenters. The van der Waals surface area contributed by atoms with Crippen molar-refractivity contribution in [3.63, 3.8) is 0 Å². The van der Waals surface area contributed by atoms with Crippen molar-refractivity contribution in [1.82, 2.24) is 9.97 Å². The number of aromatic amines is 1. The van der Waals surface area contributed by atoms with E-state index in [9.17, 15) is 9.59 Å². The highest BCUT2D eigenvalue weighted by atomic mass is 16.1. The summed E-state index contributed by atoms with van der Waals surface area (Å²) < 4.78 is 0. The highest BCUT2D eigenvalue weighted by Gasteiger charge is 2.14. The van der Waals surface area contributed by atoms with Gasteiger partial charge in [-0.05, 0) is 42.5 Å². The Morgan fingerprint density at radius 3 is 2.59 bits per heavy atom. The van der Waals surface area contributed by atoms with Gasteiger partial charge in [0.05, 0.1) is 22.5 Å². The average molecular weight is 290 g/mol. The molecule has 3 rings (SSSR count). The number of H-pyrrole nitrogens is 1. The summed E-state index contributed by atoms with van der Waals surface area (Å²) in [4.78, 5) is 31.0. The summed E-state index contributed by atoms with van der Waals surface area (Å²) in [6, 6.07) is 12.8. The number of nitriles is 1. The third kappa shape index (κ3) is 2.31. The number of benzene rings is 2. The van der Waals surface area contributed by atoms with Gasteiger partial charge in [-0.25, -0.2) is 4.98 Å². The second-order valence-corrected chi connectivity index (χ2v) is 4.71. The Labute approximate surface area is 124 Å². The van der Waals surface area contributed by atoms with Gasteiger partial charge in [-0.2, -0.15) is 5.26 Å². The quantitative estimate of drug-likeness (QED) is 0.550. The van der Waals surface area contributed by atoms with E-state index in [1.54, 1.807) is 12.1 Å². The van der Waals surface area contributed by atoms with E-state index in [0.29, 0.717) is 27.7 Å². The van der Waals surface area contributed by atoms with Crippen LogP contribution in [0.5, 0.6) is 0 Å². The van der Waals surface area contributed by atoms with Gasteiger partial charge in [0.2, 0.25) is 5.78 Å². The molecule has 0 aliphatic rings. The zero-order chi connectivity index (χ0) is 15.7. The van der Waals surface area contributed by atoms with Crippen LogP contribution in [-0.4, -0.2) is 15.8 Å². The molecule has 1 aromatic heterocycles. The van der Waals surface area contributed by atoms with Crippen LogP contribution in [0.3, 0.4) is 0 Å². The van der Waals surface area contributed by atoms with Crippen LogP contribution in [0.2, 0.25) is 0 Å². The van der Waals surface area contributed by atoms with E-state index in [1.165, 1.54) is 30.3 Å². The number of ketones is 1. The Hall–Kier alpha value is -3.46. The maximum absolute atomic E-state index is 12.4. The fourth-order valence-electron chi connectivity index (χ4n) is 2.10. The number of nitrogen functional groups attached to an aromatic ring is 1. The van der Waals surface area contributed by atoms with Crippen molar-refractivity contribution in [3.8, 4) is 6.07 Å². The number of rotatable bonds is 2. The van der Waals surface area contributed by atoms with Crippen molar-refractivity contribution in [1.29, 1.82) is 5.26 Å². The monoisotopic (exact) mass is 290 g/mol. The fraction of sp³-hybridized carbons (Fsp3) is 0. The number of carbonyl (C=O) groups excluding carboxylic acids is 1. The Balaban J connectivity index is 2.09. The molecule has 0 spiro atoms. The number of aromatic nitrogens is 2. The number of nitrogens with zero attached hydrogens (tertiary/aromatic N) is 2. The van der Waals surface area contributed by atoms with E-state index < -0.39 is 11.3 Å². The molecule has 6 nitrogen and oxygen atoms in total. The summed E-state index contributed by atoms with van der Waals surface area (Å²) in [6.07, 6.45) is 0. The number of carbonyl (C=O) groups is 1. The number of fused-ring (bicyclic) bond motifs is 1. The van der Waals surface area contributed by atoms with E-state index in [0.717, 1.165) is 0 Å². The molecule has 0 unspecified atom stereocenters. The smallest absolute Gasteiger partial charge is 0.259 e. The van der Waals surface area contributed by atoms with Crippen molar-refractivity contribution >= 4 is 22.4 Å². The molecule has 106 valence electrons. The Bertz CT molecular complexity index is 982. The van der Waals surface area contributed by atoms with Crippen molar-refractivity contribution in [2.75, 3.05) is 5.73 Å². The normalized spacial score (nSPS) is 10.3. The van der Waals surface area contributed by atoms with Crippen LogP contribution < -0.4 is 11.3 Å². The summed E-state index contributed by atoms with van der Waals surface area (Å²) in [7, 11) is 0. The van der Waals surface area contributed by atoms with Crippen molar-refractivity contribution in [3.05, 3.63) is 69.8 Å². The van der Waals surface area contributed by atoms with Crippen molar-refractivity contribution < 1.29 is 4.79 Å². The second-order valence-electron chi connectivity index (χ2n) is 4.71. The van der Waals surface area contributed by atoms with E-state index in [4.69, 9.17) is 11.0 Å². The minimum atomic E-state index is -0.422. The van der Waals surface area contributed by atoms with Crippen LogP contribution in [0.1, 0.15) is 21.7 Å². The first-order valence-electron chi connectivity index (χ1n) is 6.43. The second kappa shape index (κ2) is 5.14. The number of nitrogens with one attached hydrogen (secondary N) is 1. The third-order valence-corrected chi connectivity index (χ3v) is 3.22. The molecule has 1 heterocycles. The van der Waals surface area contributed by atoms with Gasteiger partial charge in [0, 0.05) is 11.3 Å². The van der Waals surface area contributed by atoms with Crippen LogP contribution in [0.15, 0.2) is 47.3 Å². The first kappa shape index (κ1) is 13.5. The maximum Gasteiger partial charge on any atom is 0.259 e. The van der Waals surface area contributed by atoms with Crippen LogP contribution in [0.4, 0.5) is 5.69 Å². The lowest BCUT2D eigenvalue weighted by Gasteiger charge is -2.03. The highest BCUT2D eigenvalue weighted by molar-refractivity contribution is 6.07. The van der Waals surface area contributed by atoms with Crippen LogP contribution in [0, 0.1) is 11.3 Å². The molecular formula is C16H10N4O2. The van der Waals surface area contributed by atoms with Gasteiger partial charge in [0.1, 0.15) is 0 Å². The molecule has 0 bridgehead atoms. The predicted molar refractivity (Wildman–Crippen MR) is 81.4 cm³/mol. The topological polar surface area (TPSA) is 113 Å². The molecule has 0 radical (unpaired) electrons. The van der Waals surface area contributed by atoms with Gasteiger partial charge < -0.3 is 10.7 Å². The fourth-order valence-corrected chi connectivity index (χ4v) is 2.10. The molecule has 0 fully saturated rings. The van der Waals surface area contributed by atoms with Crippen LogP contribution >= 0.6 is 0 Å². The Morgan fingerprint density at radius 1 is 1.18 bits per heavy atom. The zero-order valence-corrected chi connectivity index (χ0v) is 11.3. The third-order valence-electron chi connectivity index (χ3n) is 3.22. The molecular weight excluding hydrogens is 280 g/mol. The molecule has 0 aliphatic heterocycles. The molecule has 22 heavy (non-hydrogen) atoms. The molecule has 0 aliphatic carbocycles. The lowest BCUT2D eigenvalue weighted by molar-refractivity contribution is 0.102. The summed E-state index contributed by atoms with van der Waals surface area (Å²) in [5, 5.41) is 9.09. The highest BCUT2D eigenvalue weighted by Crippen LogP contribution is 2.13. The SMILES string of the molecule is N#Cc1ccc(C(=O)c2nc3ccc(N)cc3c(=O)[nH]2)cc1. The number of hydrogen-bond donors (Lipinski definition) is 2. The largest absolute Gasteiger partial charge is 0.399 e. The van der Waals surface area contributed by atoms with E-state index in [-0.39, 0.29) is 5.82 Å². The maximum atomic E-state index is 12.4. The van der Waals surface area contributed by atoms with Gasteiger partial charge >= 0.3 is 0 Å². The minimum Gasteiger partial charge on any atom is -0.399 e. The first-order valence-corrected chi connectivity index (χ1v) is 6.43. The summed E-state index contributed by atoms with van der Waals surface area (Å²) in [5.41, 5.74) is 6.86. The molecule has 0 amide bonds. The van der Waals surface area contributed by atoms with Crippen molar-refractivity contribution in [2.24, 2.45) is 0 Å². The van der Waals surface area contributed by atoms with Gasteiger partial charge in [-0.3, -0.25) is 9.59 Å². The van der Waals surface area contributed by atoms with E-state index in [1.807, 2.05) is 6.07 Å². The predicted octanol–water partition coefficient (Wildman–Crippen LogP) is 1.61. The number of nitrogens with two attached hydrogens (primary N) is 1. The molecule has 6 heteroatoms. The lowest BCUT2D eigenvalue weighted by Crippen LogP contribution is -2.16. The van der Waals surface area contributed by atoms with Gasteiger partial charge in [0.25, 0.3) is 5.56 Å². The average Bonchev–Trinajstić information content (AvgIpc) is 2.55. The number of anilines is 1. The van der Waals surface area contributed by atoms with E-state index >= 15 is 0 Å². The molecule has 2 aromatic carbocycles. The van der Waals surface area contributed by atoms with E-state index in [2.05, 4.69) is 9.97 Å². The van der Waals surface area contributed by atoms with Crippen molar-refractivity contribution in [2.45, 2.75) is 0 Å². The first-order chi connectivity index (χ1) is 10.6. The molecule has 3 N–H and O–H groups in total. The Morgan fingerprint density at radius 2 is 1.91 bits per heavy atom. The van der Waals surface area contributed by atoms with Crippen LogP contribution in [0.25, 0.3) is 10.9 Å². The number of hydrogen-bond acceptors (Lipinski definition) is 5. The zero-order valence-electron chi connectivity index (χ0n) is 11.3. The van der Waals surface area contributed by atoms with Crippen LogP contribution in [-0.2, 0) is 0 Å². The summed E-state index contributed by atoms with van der Waals surface area (Å²) in [5.74, 6) is -0.465. The Kier molecular flexibility index (Phi) is 3.16. The minimum absolute atomic E-state index is 0.0491. The lowest BCUT2D eigenvalue weighted by atomic mass is 10.1. The van der Waals surface area contributed by atoms with Gasteiger partial charge in [-0.1, -0.05) is 0 Å². The van der Waals surface area contributed by atoms with Gasteiger partial charge in [0.15, 0.2) is 5.82 Å². The molecule has 3 aromatic rings. The van der Waals surface area contributed by atoms with Gasteiger partial charge in [-0.15, -0.1) is 0 Å². The molecule has 0 saturated heterocycles. The standard InChI is InChI=1S/C16H10N4O2/c17-8-9-1-3-10(4-2-9)14(21)15-19-13-6-5-11(18)7-12(13)16(22)20-15/h1-7H,18H2,(H,19,20,22). The summed E-state index contributed by atoms with van der Waals surface area (Å²) >= 11 is 0. The molecule has 0 saturated carbocycles. The summed E-state index contributed by atoms with van der Waals surface area (Å²) in [6.45, 7) is 0.